The number of sulfonamides is 1. The molecule has 0 aliphatic heterocycles. The van der Waals surface area contributed by atoms with Gasteiger partial charge in [0.05, 0.1) is 10.6 Å². The molecule has 3 aromatic carbocycles. The summed E-state index contributed by atoms with van der Waals surface area (Å²) >= 11 is 0. The number of carbonyl (C=O) groups excluding carboxylic acids is 2. The van der Waals surface area contributed by atoms with Gasteiger partial charge >= 0.3 is 0 Å². The third-order valence-corrected chi connectivity index (χ3v) is 7.56. The van der Waals surface area contributed by atoms with Gasteiger partial charge in [-0.25, -0.2) is 8.42 Å². The standard InChI is InChI=1S/C27H31N3O4S/c1-4-28-27(32)22(3)29(19-23-14-12-11-13-21(23)2)26(31)20-30(24-15-7-5-8-16-24)35(33,34)25-17-9-6-10-18-25/h5-18,22H,4,19-20H2,1-3H3,(H,28,32). The summed E-state index contributed by atoms with van der Waals surface area (Å²) < 4.78 is 28.3. The predicted octanol–water partition coefficient (Wildman–Crippen LogP) is 3.74. The van der Waals surface area contributed by atoms with Gasteiger partial charge in [0, 0.05) is 13.1 Å². The second kappa shape index (κ2) is 11.7. The molecule has 0 saturated heterocycles. The number of para-hydroxylation sites is 1. The molecular weight excluding hydrogens is 462 g/mol. The number of nitrogens with one attached hydrogen (secondary N) is 1. The monoisotopic (exact) mass is 493 g/mol. The van der Waals surface area contributed by atoms with Gasteiger partial charge in [0.1, 0.15) is 12.6 Å². The van der Waals surface area contributed by atoms with Crippen LogP contribution < -0.4 is 9.62 Å². The van der Waals surface area contributed by atoms with E-state index in [0.717, 1.165) is 15.4 Å². The number of hydrogen-bond acceptors (Lipinski definition) is 4. The molecule has 0 aliphatic rings. The van der Waals surface area contributed by atoms with Crippen LogP contribution in [-0.4, -0.2) is 44.3 Å². The summed E-state index contributed by atoms with van der Waals surface area (Å²) in [5.74, 6) is -0.776. The van der Waals surface area contributed by atoms with Gasteiger partial charge in [-0.15, -0.1) is 0 Å². The highest BCUT2D eigenvalue weighted by atomic mass is 32.2. The smallest absolute Gasteiger partial charge is 0.264 e. The number of benzene rings is 3. The van der Waals surface area contributed by atoms with Gasteiger partial charge in [-0.3, -0.25) is 13.9 Å². The van der Waals surface area contributed by atoms with E-state index < -0.39 is 28.5 Å². The molecule has 2 amide bonds. The lowest BCUT2D eigenvalue weighted by Crippen LogP contribution is -2.51. The summed E-state index contributed by atoms with van der Waals surface area (Å²) in [6.45, 7) is 5.55. The Kier molecular flexibility index (Phi) is 8.65. The predicted molar refractivity (Wildman–Crippen MR) is 137 cm³/mol. The molecule has 0 fully saturated rings. The first-order valence-electron chi connectivity index (χ1n) is 11.5. The van der Waals surface area contributed by atoms with E-state index in [-0.39, 0.29) is 17.3 Å². The fourth-order valence-corrected chi connectivity index (χ4v) is 5.15. The van der Waals surface area contributed by atoms with E-state index in [1.54, 1.807) is 55.5 Å². The molecule has 1 atom stereocenters. The van der Waals surface area contributed by atoms with Crippen LogP contribution in [0.4, 0.5) is 5.69 Å². The van der Waals surface area contributed by atoms with Crippen LogP contribution in [0.15, 0.2) is 89.8 Å². The van der Waals surface area contributed by atoms with Crippen molar-refractivity contribution in [3.05, 3.63) is 96.1 Å². The molecule has 1 N–H and O–H groups in total. The Morgan fingerprint density at radius 1 is 0.886 bits per heavy atom. The van der Waals surface area contributed by atoms with Gasteiger partial charge in [0.15, 0.2) is 0 Å². The van der Waals surface area contributed by atoms with Crippen molar-refractivity contribution in [2.24, 2.45) is 0 Å². The topological polar surface area (TPSA) is 86.8 Å². The van der Waals surface area contributed by atoms with E-state index in [4.69, 9.17) is 0 Å². The summed E-state index contributed by atoms with van der Waals surface area (Å²) in [6, 6.07) is 23.3. The summed E-state index contributed by atoms with van der Waals surface area (Å²) in [7, 11) is -4.03. The minimum absolute atomic E-state index is 0.0823. The molecule has 7 nitrogen and oxygen atoms in total. The van der Waals surface area contributed by atoms with E-state index in [1.165, 1.54) is 17.0 Å². The SMILES string of the molecule is CCNC(=O)C(C)N(Cc1ccccc1C)C(=O)CN(c1ccccc1)S(=O)(=O)c1ccccc1. The molecule has 0 aromatic heterocycles. The third kappa shape index (κ3) is 6.27. The van der Waals surface area contributed by atoms with Crippen LogP contribution in [0.2, 0.25) is 0 Å². The van der Waals surface area contributed by atoms with E-state index in [2.05, 4.69) is 5.32 Å². The third-order valence-electron chi connectivity index (χ3n) is 5.77. The Morgan fingerprint density at radius 2 is 1.46 bits per heavy atom. The van der Waals surface area contributed by atoms with Crippen molar-refractivity contribution in [3.8, 4) is 0 Å². The van der Waals surface area contributed by atoms with Crippen LogP contribution in [0.3, 0.4) is 0 Å². The molecule has 0 aliphatic carbocycles. The molecule has 35 heavy (non-hydrogen) atoms. The minimum Gasteiger partial charge on any atom is -0.355 e. The Morgan fingerprint density at radius 3 is 2.06 bits per heavy atom. The Bertz CT molecular complexity index is 1250. The zero-order valence-corrected chi connectivity index (χ0v) is 21.0. The summed E-state index contributed by atoms with van der Waals surface area (Å²) in [5, 5.41) is 2.76. The summed E-state index contributed by atoms with van der Waals surface area (Å²) in [4.78, 5) is 27.9. The van der Waals surface area contributed by atoms with Crippen molar-refractivity contribution in [2.45, 2.75) is 38.3 Å². The van der Waals surface area contributed by atoms with E-state index in [1.807, 2.05) is 38.1 Å². The van der Waals surface area contributed by atoms with E-state index >= 15 is 0 Å². The van der Waals surface area contributed by atoms with Crippen molar-refractivity contribution in [1.82, 2.24) is 10.2 Å². The second-order valence-electron chi connectivity index (χ2n) is 8.18. The highest BCUT2D eigenvalue weighted by Gasteiger charge is 2.32. The maximum Gasteiger partial charge on any atom is 0.264 e. The average molecular weight is 494 g/mol. The highest BCUT2D eigenvalue weighted by molar-refractivity contribution is 7.92. The first kappa shape index (κ1) is 26.0. The van der Waals surface area contributed by atoms with Crippen LogP contribution in [0.25, 0.3) is 0 Å². The number of likely N-dealkylation sites (N-methyl/N-ethyl adjacent to an activating group) is 1. The van der Waals surface area contributed by atoms with Gasteiger partial charge in [-0.05, 0) is 56.2 Å². The van der Waals surface area contributed by atoms with Crippen LogP contribution in [-0.2, 0) is 26.2 Å². The normalized spacial score (nSPS) is 12.0. The number of carbonyl (C=O) groups is 2. The molecule has 3 aromatic rings. The first-order chi connectivity index (χ1) is 16.8. The van der Waals surface area contributed by atoms with Gasteiger partial charge < -0.3 is 10.2 Å². The van der Waals surface area contributed by atoms with Gasteiger partial charge in [0.25, 0.3) is 10.0 Å². The Labute approximate surface area is 207 Å². The molecule has 0 saturated carbocycles. The first-order valence-corrected chi connectivity index (χ1v) is 12.9. The second-order valence-corrected chi connectivity index (χ2v) is 10.0. The molecule has 0 spiro atoms. The molecule has 1 unspecified atom stereocenters. The van der Waals surface area contributed by atoms with E-state index in [9.17, 15) is 18.0 Å². The van der Waals surface area contributed by atoms with E-state index in [0.29, 0.717) is 12.2 Å². The zero-order chi connectivity index (χ0) is 25.4. The molecular formula is C27H31N3O4S. The molecule has 3 rings (SSSR count). The largest absolute Gasteiger partial charge is 0.355 e. The van der Waals surface area contributed by atoms with Crippen molar-refractivity contribution in [1.29, 1.82) is 0 Å². The van der Waals surface area contributed by atoms with Crippen molar-refractivity contribution < 1.29 is 18.0 Å². The number of hydrogen-bond donors (Lipinski definition) is 1. The lowest BCUT2D eigenvalue weighted by molar-refractivity contribution is -0.139. The summed E-state index contributed by atoms with van der Waals surface area (Å²) in [5.41, 5.74) is 2.23. The maximum atomic E-state index is 13.7. The highest BCUT2D eigenvalue weighted by Crippen LogP contribution is 2.24. The average Bonchev–Trinajstić information content (AvgIpc) is 2.87. The molecule has 0 heterocycles. The van der Waals surface area contributed by atoms with Crippen molar-refractivity contribution in [3.63, 3.8) is 0 Å². The fraction of sp³-hybridized carbons (Fsp3) is 0.259. The van der Waals surface area contributed by atoms with Crippen LogP contribution in [0.5, 0.6) is 0 Å². The number of anilines is 1. The van der Waals surface area contributed by atoms with Crippen molar-refractivity contribution in [2.75, 3.05) is 17.4 Å². The minimum atomic E-state index is -4.03. The molecule has 184 valence electrons. The molecule has 8 heteroatoms. The Hall–Kier alpha value is -3.65. The maximum absolute atomic E-state index is 13.7. The van der Waals surface area contributed by atoms with Gasteiger partial charge in [0.2, 0.25) is 11.8 Å². The number of rotatable bonds is 10. The van der Waals surface area contributed by atoms with Crippen molar-refractivity contribution >= 4 is 27.5 Å². The zero-order valence-electron chi connectivity index (χ0n) is 20.2. The van der Waals surface area contributed by atoms with Crippen LogP contribution in [0, 0.1) is 6.92 Å². The summed E-state index contributed by atoms with van der Waals surface area (Å²) in [6.07, 6.45) is 0. The number of amides is 2. The Balaban J connectivity index is 2.00. The van der Waals surface area contributed by atoms with Gasteiger partial charge in [-0.1, -0.05) is 60.7 Å². The molecule has 0 radical (unpaired) electrons. The van der Waals surface area contributed by atoms with Crippen LogP contribution >= 0.6 is 0 Å². The van der Waals surface area contributed by atoms with Gasteiger partial charge in [-0.2, -0.15) is 0 Å². The lowest BCUT2D eigenvalue weighted by Gasteiger charge is -2.32. The van der Waals surface area contributed by atoms with Crippen LogP contribution in [0.1, 0.15) is 25.0 Å². The fourth-order valence-electron chi connectivity index (χ4n) is 3.72. The number of aryl methyl sites for hydroxylation is 1. The molecule has 0 bridgehead atoms. The number of nitrogens with zero attached hydrogens (tertiary/aromatic N) is 2. The lowest BCUT2D eigenvalue weighted by atomic mass is 10.1. The quantitative estimate of drug-likeness (QED) is 0.466.